The molecule has 0 amide bonds. The van der Waals surface area contributed by atoms with Gasteiger partial charge < -0.3 is 0 Å². The molecule has 1 aromatic rings. The zero-order chi connectivity index (χ0) is 14.9. The molecule has 0 spiro atoms. The SMILES string of the molecule is CCCN(C1CC1)S(=O)(=O)c1cc(CCl)c(C)cc1C. The number of sulfonamides is 1. The van der Waals surface area contributed by atoms with Crippen molar-refractivity contribution in [1.82, 2.24) is 4.31 Å². The van der Waals surface area contributed by atoms with Crippen LogP contribution in [0.15, 0.2) is 17.0 Å². The standard InChI is InChI=1S/C15H22ClNO2S/c1-4-7-17(14-5-6-14)20(18,19)15-9-13(10-16)11(2)8-12(15)3/h8-9,14H,4-7,10H2,1-3H3. The Bertz CT molecular complexity index is 594. The van der Waals surface area contributed by atoms with E-state index in [1.807, 2.05) is 26.8 Å². The van der Waals surface area contributed by atoms with Gasteiger partial charge in [-0.05, 0) is 55.9 Å². The van der Waals surface area contributed by atoms with Crippen LogP contribution in [0.1, 0.15) is 42.9 Å². The highest BCUT2D eigenvalue weighted by Gasteiger charge is 2.38. The molecule has 0 N–H and O–H groups in total. The second-order valence-corrected chi connectivity index (χ2v) is 7.65. The fraction of sp³-hybridized carbons (Fsp3) is 0.600. The molecule has 1 fully saturated rings. The largest absolute Gasteiger partial charge is 0.243 e. The van der Waals surface area contributed by atoms with Crippen molar-refractivity contribution in [1.29, 1.82) is 0 Å². The quantitative estimate of drug-likeness (QED) is 0.752. The van der Waals surface area contributed by atoms with E-state index in [-0.39, 0.29) is 6.04 Å². The molecule has 0 aliphatic heterocycles. The fourth-order valence-electron chi connectivity index (χ4n) is 2.50. The van der Waals surface area contributed by atoms with Crippen LogP contribution in [0.3, 0.4) is 0 Å². The summed E-state index contributed by atoms with van der Waals surface area (Å²) in [6.45, 7) is 6.42. The molecule has 0 heterocycles. The van der Waals surface area contributed by atoms with Gasteiger partial charge in [0.1, 0.15) is 0 Å². The molecule has 0 unspecified atom stereocenters. The zero-order valence-corrected chi connectivity index (χ0v) is 13.9. The van der Waals surface area contributed by atoms with E-state index in [0.717, 1.165) is 36.0 Å². The number of rotatable bonds is 6. The van der Waals surface area contributed by atoms with Crippen LogP contribution >= 0.6 is 11.6 Å². The summed E-state index contributed by atoms with van der Waals surface area (Å²) < 4.78 is 27.4. The van der Waals surface area contributed by atoms with Crippen LogP contribution in [-0.4, -0.2) is 25.3 Å². The molecular formula is C15H22ClNO2S. The smallest absolute Gasteiger partial charge is 0.207 e. The molecule has 3 nitrogen and oxygen atoms in total. The van der Waals surface area contributed by atoms with Gasteiger partial charge in [-0.15, -0.1) is 11.6 Å². The molecule has 1 saturated carbocycles. The van der Waals surface area contributed by atoms with E-state index in [9.17, 15) is 8.42 Å². The van der Waals surface area contributed by atoms with Gasteiger partial charge in [0.25, 0.3) is 0 Å². The number of halogens is 1. The first-order valence-corrected chi connectivity index (χ1v) is 9.07. The van der Waals surface area contributed by atoms with E-state index in [2.05, 4.69) is 0 Å². The Morgan fingerprint density at radius 3 is 2.40 bits per heavy atom. The highest BCUT2D eigenvalue weighted by Crippen LogP contribution is 2.34. The van der Waals surface area contributed by atoms with E-state index in [1.165, 1.54) is 0 Å². The van der Waals surface area contributed by atoms with Gasteiger partial charge in [-0.2, -0.15) is 4.31 Å². The number of alkyl halides is 1. The Morgan fingerprint density at radius 1 is 1.25 bits per heavy atom. The third-order valence-electron chi connectivity index (χ3n) is 3.76. The lowest BCUT2D eigenvalue weighted by atomic mass is 10.1. The van der Waals surface area contributed by atoms with Gasteiger partial charge in [0, 0.05) is 18.5 Å². The maximum atomic E-state index is 12.9. The minimum absolute atomic E-state index is 0.195. The summed E-state index contributed by atoms with van der Waals surface area (Å²) in [5.74, 6) is 0.339. The van der Waals surface area contributed by atoms with Gasteiger partial charge in [0.05, 0.1) is 4.90 Å². The second-order valence-electron chi connectivity index (χ2n) is 5.52. The van der Waals surface area contributed by atoms with Crippen molar-refractivity contribution >= 4 is 21.6 Å². The molecular weight excluding hydrogens is 294 g/mol. The van der Waals surface area contributed by atoms with Gasteiger partial charge in [-0.25, -0.2) is 8.42 Å². The van der Waals surface area contributed by atoms with E-state index in [0.29, 0.717) is 17.3 Å². The Morgan fingerprint density at radius 2 is 1.90 bits per heavy atom. The highest BCUT2D eigenvalue weighted by atomic mass is 35.5. The molecule has 0 aromatic heterocycles. The van der Waals surface area contributed by atoms with Gasteiger partial charge in [-0.1, -0.05) is 13.0 Å². The van der Waals surface area contributed by atoms with Crippen LogP contribution in [0.25, 0.3) is 0 Å². The Labute approximate surface area is 127 Å². The molecule has 0 saturated heterocycles. The van der Waals surface area contributed by atoms with E-state index in [4.69, 9.17) is 11.6 Å². The summed E-state index contributed by atoms with van der Waals surface area (Å²) in [5, 5.41) is 0. The maximum Gasteiger partial charge on any atom is 0.243 e. The number of hydrogen-bond donors (Lipinski definition) is 0. The number of benzene rings is 1. The summed E-state index contributed by atoms with van der Waals surface area (Å²) in [5.41, 5.74) is 2.74. The van der Waals surface area contributed by atoms with Gasteiger partial charge in [0.2, 0.25) is 10.0 Å². The van der Waals surface area contributed by atoms with Crippen molar-refractivity contribution in [3.63, 3.8) is 0 Å². The average molecular weight is 316 g/mol. The molecule has 1 aliphatic rings. The number of aryl methyl sites for hydroxylation is 2. The van der Waals surface area contributed by atoms with Crippen LogP contribution in [0.2, 0.25) is 0 Å². The van der Waals surface area contributed by atoms with Crippen LogP contribution in [0.4, 0.5) is 0 Å². The summed E-state index contributed by atoms with van der Waals surface area (Å²) in [6.07, 6.45) is 2.79. The lowest BCUT2D eigenvalue weighted by molar-refractivity contribution is 0.403. The first-order valence-electron chi connectivity index (χ1n) is 7.09. The number of nitrogens with zero attached hydrogens (tertiary/aromatic N) is 1. The summed E-state index contributed by atoms with van der Waals surface area (Å²) in [6, 6.07) is 3.86. The first-order chi connectivity index (χ1) is 9.41. The van der Waals surface area contributed by atoms with Crippen molar-refractivity contribution in [2.24, 2.45) is 0 Å². The molecule has 2 rings (SSSR count). The summed E-state index contributed by atoms with van der Waals surface area (Å²) in [4.78, 5) is 0.416. The molecule has 1 aromatic carbocycles. The Kier molecular flexibility index (Phi) is 4.77. The summed E-state index contributed by atoms with van der Waals surface area (Å²) >= 11 is 5.91. The van der Waals surface area contributed by atoms with E-state index < -0.39 is 10.0 Å². The Balaban J connectivity index is 2.47. The van der Waals surface area contributed by atoms with Crippen LogP contribution in [0.5, 0.6) is 0 Å². The molecule has 5 heteroatoms. The zero-order valence-electron chi connectivity index (χ0n) is 12.3. The van der Waals surface area contributed by atoms with Crippen molar-refractivity contribution in [3.8, 4) is 0 Å². The average Bonchev–Trinajstić information content (AvgIpc) is 3.19. The number of hydrogen-bond acceptors (Lipinski definition) is 2. The van der Waals surface area contributed by atoms with Gasteiger partial charge >= 0.3 is 0 Å². The molecule has 0 atom stereocenters. The van der Waals surface area contributed by atoms with Crippen LogP contribution in [0, 0.1) is 13.8 Å². The van der Waals surface area contributed by atoms with Crippen molar-refractivity contribution < 1.29 is 8.42 Å². The molecule has 20 heavy (non-hydrogen) atoms. The van der Waals surface area contributed by atoms with Gasteiger partial charge in [-0.3, -0.25) is 0 Å². The van der Waals surface area contributed by atoms with E-state index >= 15 is 0 Å². The van der Waals surface area contributed by atoms with Crippen molar-refractivity contribution in [2.45, 2.75) is 56.9 Å². The third kappa shape index (κ3) is 3.02. The van der Waals surface area contributed by atoms with E-state index in [1.54, 1.807) is 10.4 Å². The van der Waals surface area contributed by atoms with Crippen LogP contribution < -0.4 is 0 Å². The topological polar surface area (TPSA) is 37.4 Å². The Hall–Kier alpha value is -0.580. The second kappa shape index (κ2) is 6.04. The monoisotopic (exact) mass is 315 g/mol. The molecule has 0 radical (unpaired) electrons. The minimum atomic E-state index is -3.41. The molecule has 112 valence electrons. The predicted octanol–water partition coefficient (Wildman–Crippen LogP) is 3.61. The third-order valence-corrected chi connectivity index (χ3v) is 6.14. The predicted molar refractivity (Wildman–Crippen MR) is 82.7 cm³/mol. The first kappa shape index (κ1) is 15.8. The van der Waals surface area contributed by atoms with Crippen LogP contribution in [-0.2, 0) is 15.9 Å². The van der Waals surface area contributed by atoms with Gasteiger partial charge in [0.15, 0.2) is 0 Å². The fourth-order valence-corrected chi connectivity index (χ4v) is 4.83. The van der Waals surface area contributed by atoms with Crippen molar-refractivity contribution in [3.05, 3.63) is 28.8 Å². The summed E-state index contributed by atoms with van der Waals surface area (Å²) in [7, 11) is -3.41. The molecule has 1 aliphatic carbocycles. The lowest BCUT2D eigenvalue weighted by Crippen LogP contribution is -2.34. The highest BCUT2D eigenvalue weighted by molar-refractivity contribution is 7.89. The van der Waals surface area contributed by atoms with Crippen molar-refractivity contribution in [2.75, 3.05) is 6.54 Å². The molecule has 0 bridgehead atoms. The normalized spacial score (nSPS) is 15.8. The maximum absolute atomic E-state index is 12.9. The minimum Gasteiger partial charge on any atom is -0.207 e. The lowest BCUT2D eigenvalue weighted by Gasteiger charge is -2.23.